The van der Waals surface area contributed by atoms with Gasteiger partial charge < -0.3 is 34.1 Å². The maximum Gasteiger partial charge on any atom is 0.341 e. The summed E-state index contributed by atoms with van der Waals surface area (Å²) in [6.45, 7) is 8.88. The van der Waals surface area contributed by atoms with Crippen LogP contribution in [-0.4, -0.2) is 123 Å². The molecule has 12 heteroatoms. The molecule has 1 aromatic heterocycles. The Hall–Kier alpha value is -2.54. The molecule has 0 saturated carbocycles. The fourth-order valence-electron chi connectivity index (χ4n) is 4.43. The van der Waals surface area contributed by atoms with E-state index in [0.717, 1.165) is 32.5 Å². The highest BCUT2D eigenvalue weighted by atomic mass is 16.5. The van der Waals surface area contributed by atoms with Gasteiger partial charge in [0.15, 0.2) is 0 Å². The van der Waals surface area contributed by atoms with Crippen molar-refractivity contribution in [1.29, 1.82) is 0 Å². The second-order valence-corrected chi connectivity index (χ2v) is 9.31. The highest BCUT2D eigenvalue weighted by Crippen LogP contribution is 2.22. The topological polar surface area (TPSA) is 124 Å². The monoisotopic (exact) mass is 523 g/mol. The van der Waals surface area contributed by atoms with Crippen LogP contribution in [0.1, 0.15) is 42.6 Å². The number of hydrogen-bond acceptors (Lipinski definition) is 9. The zero-order valence-corrected chi connectivity index (χ0v) is 22.1. The molecule has 0 spiro atoms. The summed E-state index contributed by atoms with van der Waals surface area (Å²) in [5.74, 6) is -0.672. The second kappa shape index (κ2) is 15.7. The van der Waals surface area contributed by atoms with E-state index in [1.54, 1.807) is 31.3 Å². The molecule has 0 aromatic carbocycles. The molecular formula is C25H41N5O7. The van der Waals surface area contributed by atoms with Crippen molar-refractivity contribution in [3.63, 3.8) is 0 Å². The minimum absolute atomic E-state index is 0.0108. The number of aromatic nitrogens is 2. The lowest BCUT2D eigenvalue weighted by Gasteiger charge is -2.31. The van der Waals surface area contributed by atoms with Crippen LogP contribution in [-0.2, 0) is 28.5 Å². The van der Waals surface area contributed by atoms with Crippen LogP contribution in [0.5, 0.6) is 0 Å². The molecule has 2 amide bonds. The number of likely N-dealkylation sites (tertiary alicyclic amines) is 2. The quantitative estimate of drug-likeness (QED) is 0.241. The summed E-state index contributed by atoms with van der Waals surface area (Å²) in [4.78, 5) is 39.3. The Morgan fingerprint density at radius 1 is 1.05 bits per heavy atom. The zero-order chi connectivity index (χ0) is 26.5. The molecule has 2 aliphatic heterocycles. The molecule has 0 radical (unpaired) electrons. The van der Waals surface area contributed by atoms with Crippen molar-refractivity contribution in [2.45, 2.75) is 32.2 Å². The van der Waals surface area contributed by atoms with Crippen LogP contribution in [0.4, 0.5) is 0 Å². The smallest absolute Gasteiger partial charge is 0.341 e. The van der Waals surface area contributed by atoms with E-state index in [1.807, 2.05) is 4.68 Å². The maximum absolute atomic E-state index is 12.0. The third kappa shape index (κ3) is 9.69. The lowest BCUT2D eigenvalue weighted by atomic mass is 10.1. The van der Waals surface area contributed by atoms with Crippen molar-refractivity contribution in [3.8, 4) is 0 Å². The van der Waals surface area contributed by atoms with Gasteiger partial charge in [-0.2, -0.15) is 5.10 Å². The number of rotatable bonds is 16. The van der Waals surface area contributed by atoms with Gasteiger partial charge in [0.2, 0.25) is 11.8 Å². The van der Waals surface area contributed by atoms with Crippen LogP contribution in [0.3, 0.4) is 0 Å². The van der Waals surface area contributed by atoms with Crippen molar-refractivity contribution in [3.05, 3.63) is 18.0 Å². The third-order valence-corrected chi connectivity index (χ3v) is 6.60. The molecule has 2 aliphatic rings. The van der Waals surface area contributed by atoms with Crippen molar-refractivity contribution in [2.75, 3.05) is 86.0 Å². The molecule has 2 fully saturated rings. The molecule has 1 N–H and O–H groups in total. The molecule has 12 nitrogen and oxygen atoms in total. The van der Waals surface area contributed by atoms with Gasteiger partial charge in [-0.15, -0.1) is 0 Å². The first-order valence-corrected chi connectivity index (χ1v) is 13.2. The highest BCUT2D eigenvalue weighted by molar-refractivity contribution is 5.89. The Labute approximate surface area is 218 Å². The Kier molecular flexibility index (Phi) is 12.3. The fourth-order valence-corrected chi connectivity index (χ4v) is 4.43. The largest absolute Gasteiger partial charge is 0.462 e. The Balaban J connectivity index is 1.11. The summed E-state index contributed by atoms with van der Waals surface area (Å²) < 4.78 is 23.6. The molecule has 37 heavy (non-hydrogen) atoms. The fraction of sp³-hybridized carbons (Fsp3) is 0.760. The maximum atomic E-state index is 12.0. The van der Waals surface area contributed by atoms with Crippen LogP contribution in [0.2, 0.25) is 0 Å². The number of hydrogen-bond donors (Lipinski definition) is 1. The normalized spacial score (nSPS) is 18.9. The highest BCUT2D eigenvalue weighted by Gasteiger charge is 2.31. The van der Waals surface area contributed by atoms with E-state index in [9.17, 15) is 14.4 Å². The molecule has 1 aromatic rings. The summed E-state index contributed by atoms with van der Waals surface area (Å²) in [5.41, 5.74) is 0.502. The van der Waals surface area contributed by atoms with E-state index in [-0.39, 0.29) is 30.1 Å². The van der Waals surface area contributed by atoms with Crippen molar-refractivity contribution >= 4 is 17.8 Å². The molecule has 3 heterocycles. The van der Waals surface area contributed by atoms with Crippen LogP contribution in [0, 0.1) is 5.92 Å². The Morgan fingerprint density at radius 3 is 2.38 bits per heavy atom. The van der Waals surface area contributed by atoms with Crippen molar-refractivity contribution < 1.29 is 33.3 Å². The molecule has 0 aliphatic carbocycles. The lowest BCUT2D eigenvalue weighted by Crippen LogP contribution is -2.37. The van der Waals surface area contributed by atoms with E-state index in [2.05, 4.69) is 15.3 Å². The van der Waals surface area contributed by atoms with E-state index in [4.69, 9.17) is 18.9 Å². The van der Waals surface area contributed by atoms with Crippen LogP contribution in [0.25, 0.3) is 0 Å². The van der Waals surface area contributed by atoms with Crippen molar-refractivity contribution in [2.24, 2.45) is 5.92 Å². The number of esters is 1. The van der Waals surface area contributed by atoms with Gasteiger partial charge in [0.05, 0.1) is 70.0 Å². The summed E-state index contributed by atoms with van der Waals surface area (Å²) in [6.07, 6.45) is 5.60. The summed E-state index contributed by atoms with van der Waals surface area (Å²) in [6, 6.07) is 0.298. The molecule has 1 unspecified atom stereocenters. The predicted octanol–water partition coefficient (Wildman–Crippen LogP) is 0.341. The van der Waals surface area contributed by atoms with Gasteiger partial charge in [0.25, 0.3) is 0 Å². The van der Waals surface area contributed by atoms with Gasteiger partial charge in [-0.05, 0) is 19.8 Å². The van der Waals surface area contributed by atoms with Gasteiger partial charge in [-0.3, -0.25) is 14.3 Å². The standard InChI is InChI=1S/C25H41N5O7/c1-3-37-25(33)21-17-27-30(19-21)22-4-7-29(8-5-22)9-11-35-13-15-36-14-12-34-10-6-26-24(32)20-16-23(31)28(2)18-20/h17,19-20,22H,3-16,18H2,1-2H3,(H,26,32). The van der Waals surface area contributed by atoms with E-state index >= 15 is 0 Å². The number of nitrogens with zero attached hydrogens (tertiary/aromatic N) is 4. The van der Waals surface area contributed by atoms with Crippen LogP contribution in [0.15, 0.2) is 12.4 Å². The number of carbonyl (C=O) groups is 3. The summed E-state index contributed by atoms with van der Waals surface area (Å²) >= 11 is 0. The molecule has 0 bridgehead atoms. The summed E-state index contributed by atoms with van der Waals surface area (Å²) in [5, 5.41) is 7.16. The Morgan fingerprint density at radius 2 is 1.73 bits per heavy atom. The second-order valence-electron chi connectivity index (χ2n) is 9.31. The van der Waals surface area contributed by atoms with Crippen LogP contribution >= 0.6 is 0 Å². The third-order valence-electron chi connectivity index (χ3n) is 6.60. The number of amides is 2. The first kappa shape index (κ1) is 29.0. The van der Waals surface area contributed by atoms with Gasteiger partial charge >= 0.3 is 5.97 Å². The van der Waals surface area contributed by atoms with Gasteiger partial charge in [-0.1, -0.05) is 0 Å². The first-order valence-electron chi connectivity index (χ1n) is 13.2. The SMILES string of the molecule is CCOC(=O)c1cnn(C2CCN(CCOCCOCCOCCNC(=O)C3CC(=O)N(C)C3)CC2)c1. The van der Waals surface area contributed by atoms with Gasteiger partial charge in [0, 0.05) is 52.4 Å². The number of nitrogens with one attached hydrogen (secondary N) is 1. The minimum atomic E-state index is -0.325. The zero-order valence-electron chi connectivity index (χ0n) is 22.1. The van der Waals surface area contributed by atoms with E-state index in [1.165, 1.54) is 0 Å². The molecule has 3 rings (SSSR count). The van der Waals surface area contributed by atoms with Crippen LogP contribution < -0.4 is 5.32 Å². The Bertz CT molecular complexity index is 856. The molecule has 1 atom stereocenters. The van der Waals surface area contributed by atoms with Gasteiger partial charge in [-0.25, -0.2) is 4.79 Å². The number of carbonyl (C=O) groups excluding carboxylic acids is 3. The minimum Gasteiger partial charge on any atom is -0.462 e. The first-order chi connectivity index (χ1) is 18.0. The average molecular weight is 524 g/mol. The number of piperidine rings is 1. The lowest BCUT2D eigenvalue weighted by molar-refractivity contribution is -0.128. The molecular weight excluding hydrogens is 482 g/mol. The molecule has 208 valence electrons. The molecule has 2 saturated heterocycles. The van der Waals surface area contributed by atoms with E-state index in [0.29, 0.717) is 70.9 Å². The van der Waals surface area contributed by atoms with Crippen molar-refractivity contribution in [1.82, 2.24) is 24.9 Å². The van der Waals surface area contributed by atoms with Gasteiger partial charge in [0.1, 0.15) is 0 Å². The summed E-state index contributed by atoms with van der Waals surface area (Å²) in [7, 11) is 1.71. The number of ether oxygens (including phenoxy) is 4. The predicted molar refractivity (Wildman–Crippen MR) is 134 cm³/mol. The van der Waals surface area contributed by atoms with E-state index < -0.39 is 0 Å². The average Bonchev–Trinajstić information content (AvgIpc) is 3.52.